The molecule has 1 fully saturated rings. The molecule has 1 aromatic carbocycles. The number of rotatable bonds is 5. The number of nitrogens with one attached hydrogen (secondary N) is 1. The van der Waals surface area contributed by atoms with Crippen molar-refractivity contribution < 1.29 is 8.78 Å². The van der Waals surface area contributed by atoms with Gasteiger partial charge in [0.05, 0.1) is 0 Å². The molecular formula is C13H15F2N. The number of hydrogen-bond donors (Lipinski definition) is 1. The normalized spacial score (nSPS) is 15.9. The van der Waals surface area contributed by atoms with E-state index in [1.165, 1.54) is 18.9 Å². The Morgan fingerprint density at radius 3 is 2.88 bits per heavy atom. The van der Waals surface area contributed by atoms with Crippen molar-refractivity contribution in [2.75, 3.05) is 6.54 Å². The van der Waals surface area contributed by atoms with E-state index in [4.69, 9.17) is 0 Å². The van der Waals surface area contributed by atoms with E-state index in [-0.39, 0.29) is 0 Å². The summed E-state index contributed by atoms with van der Waals surface area (Å²) < 4.78 is 26.1. The molecule has 0 unspecified atom stereocenters. The van der Waals surface area contributed by atoms with Gasteiger partial charge in [-0.25, -0.2) is 8.78 Å². The van der Waals surface area contributed by atoms with Crippen LogP contribution in [0.4, 0.5) is 8.78 Å². The first-order valence-corrected chi connectivity index (χ1v) is 5.61. The van der Waals surface area contributed by atoms with E-state index in [1.54, 1.807) is 12.1 Å². The zero-order chi connectivity index (χ0) is 11.4. The van der Waals surface area contributed by atoms with Crippen LogP contribution in [0.25, 0.3) is 6.08 Å². The van der Waals surface area contributed by atoms with Crippen molar-refractivity contribution in [3.05, 3.63) is 41.5 Å². The molecule has 1 aromatic rings. The van der Waals surface area contributed by atoms with Crippen LogP contribution in [0.2, 0.25) is 0 Å². The minimum atomic E-state index is -0.793. The van der Waals surface area contributed by atoms with Crippen molar-refractivity contribution in [1.82, 2.24) is 5.32 Å². The summed E-state index contributed by atoms with van der Waals surface area (Å²) in [5.41, 5.74) is 0.312. The Hall–Kier alpha value is -1.22. The van der Waals surface area contributed by atoms with Crippen molar-refractivity contribution >= 4 is 6.08 Å². The Bertz CT molecular complexity index is 384. The highest BCUT2D eigenvalue weighted by molar-refractivity contribution is 5.49. The maximum absolute atomic E-state index is 13.2. The van der Waals surface area contributed by atoms with Gasteiger partial charge < -0.3 is 5.32 Å². The predicted octanol–water partition coefficient (Wildman–Crippen LogP) is 3.12. The van der Waals surface area contributed by atoms with Crippen molar-refractivity contribution in [3.8, 4) is 0 Å². The van der Waals surface area contributed by atoms with Gasteiger partial charge in [-0.2, -0.15) is 0 Å². The number of halogens is 2. The quantitative estimate of drug-likeness (QED) is 0.756. The van der Waals surface area contributed by atoms with Crippen LogP contribution in [0, 0.1) is 11.6 Å². The van der Waals surface area contributed by atoms with Crippen LogP contribution in [0.5, 0.6) is 0 Å². The summed E-state index contributed by atoms with van der Waals surface area (Å²) in [6.07, 6.45) is 6.87. The van der Waals surface area contributed by atoms with Gasteiger partial charge in [0.2, 0.25) is 0 Å². The van der Waals surface area contributed by atoms with E-state index in [1.807, 2.05) is 6.08 Å². The molecule has 2 rings (SSSR count). The van der Waals surface area contributed by atoms with Gasteiger partial charge in [0.1, 0.15) is 0 Å². The summed E-state index contributed by atoms with van der Waals surface area (Å²) in [7, 11) is 0. The Balaban J connectivity index is 1.82. The second-order valence-corrected chi connectivity index (χ2v) is 4.06. The van der Waals surface area contributed by atoms with Gasteiger partial charge >= 0.3 is 0 Å². The fourth-order valence-electron chi connectivity index (χ4n) is 1.52. The number of hydrogen-bond acceptors (Lipinski definition) is 1. The van der Waals surface area contributed by atoms with Crippen LogP contribution >= 0.6 is 0 Å². The number of benzene rings is 1. The third-order valence-corrected chi connectivity index (χ3v) is 2.60. The fraction of sp³-hybridized carbons (Fsp3) is 0.385. The molecule has 1 aliphatic rings. The Morgan fingerprint density at radius 2 is 2.12 bits per heavy atom. The van der Waals surface area contributed by atoms with Crippen LogP contribution in [0.1, 0.15) is 24.8 Å². The van der Waals surface area contributed by atoms with Crippen LogP contribution in [-0.4, -0.2) is 12.6 Å². The molecule has 0 heterocycles. The molecule has 0 aliphatic heterocycles. The maximum Gasteiger partial charge on any atom is 0.166 e. The minimum Gasteiger partial charge on any atom is -0.314 e. The molecule has 0 aromatic heterocycles. The van der Waals surface area contributed by atoms with Crippen molar-refractivity contribution in [2.45, 2.75) is 25.3 Å². The van der Waals surface area contributed by atoms with Crippen LogP contribution in [0.15, 0.2) is 24.3 Å². The Morgan fingerprint density at radius 1 is 1.31 bits per heavy atom. The van der Waals surface area contributed by atoms with Crippen molar-refractivity contribution in [3.63, 3.8) is 0 Å². The van der Waals surface area contributed by atoms with E-state index >= 15 is 0 Å². The highest BCUT2D eigenvalue weighted by Gasteiger charge is 2.19. The molecule has 0 spiro atoms. The average Bonchev–Trinajstić information content (AvgIpc) is 3.07. The lowest BCUT2D eigenvalue weighted by atomic mass is 10.2. The van der Waals surface area contributed by atoms with E-state index < -0.39 is 11.6 Å². The molecular weight excluding hydrogens is 208 g/mol. The van der Waals surface area contributed by atoms with Gasteiger partial charge in [0.15, 0.2) is 11.6 Å². The Kier molecular flexibility index (Phi) is 3.67. The third kappa shape index (κ3) is 3.14. The minimum absolute atomic E-state index is 0.312. The van der Waals surface area contributed by atoms with Gasteiger partial charge in [-0.05, 0) is 31.9 Å². The maximum atomic E-state index is 13.2. The lowest BCUT2D eigenvalue weighted by Crippen LogP contribution is -2.16. The third-order valence-electron chi connectivity index (χ3n) is 2.60. The van der Waals surface area contributed by atoms with Gasteiger partial charge in [0.25, 0.3) is 0 Å². The summed E-state index contributed by atoms with van der Waals surface area (Å²) in [4.78, 5) is 0. The summed E-state index contributed by atoms with van der Waals surface area (Å²) in [6.45, 7) is 0.901. The van der Waals surface area contributed by atoms with Crippen LogP contribution < -0.4 is 5.32 Å². The molecule has 0 radical (unpaired) electrons. The SMILES string of the molecule is Fc1cccc(C=CCCNC2CC2)c1F. The smallest absolute Gasteiger partial charge is 0.166 e. The van der Waals surface area contributed by atoms with Crippen molar-refractivity contribution in [2.24, 2.45) is 0 Å². The monoisotopic (exact) mass is 223 g/mol. The fourth-order valence-corrected chi connectivity index (χ4v) is 1.52. The van der Waals surface area contributed by atoms with Gasteiger partial charge in [-0.1, -0.05) is 24.3 Å². The first kappa shape index (κ1) is 11.3. The molecule has 3 heteroatoms. The summed E-state index contributed by atoms with van der Waals surface area (Å²) in [5, 5.41) is 3.35. The lowest BCUT2D eigenvalue weighted by molar-refractivity contribution is 0.507. The standard InChI is InChI=1S/C13H15F2N/c14-12-6-3-5-10(13(12)15)4-1-2-9-16-11-7-8-11/h1,3-6,11,16H,2,7-9H2. The van der Waals surface area contributed by atoms with Gasteiger partial charge in [-0.3, -0.25) is 0 Å². The highest BCUT2D eigenvalue weighted by atomic mass is 19.2. The summed E-state index contributed by atoms with van der Waals surface area (Å²) in [6, 6.07) is 4.91. The van der Waals surface area contributed by atoms with Crippen LogP contribution in [0.3, 0.4) is 0 Å². The molecule has 1 saturated carbocycles. The second kappa shape index (κ2) is 5.21. The molecule has 0 bridgehead atoms. The molecule has 0 saturated heterocycles. The molecule has 1 N–H and O–H groups in total. The summed E-state index contributed by atoms with van der Waals surface area (Å²) in [5.74, 6) is -1.56. The first-order valence-electron chi connectivity index (χ1n) is 5.61. The molecule has 86 valence electrons. The van der Waals surface area contributed by atoms with E-state index in [0.29, 0.717) is 11.6 Å². The van der Waals surface area contributed by atoms with Gasteiger partial charge in [0, 0.05) is 11.6 Å². The van der Waals surface area contributed by atoms with Crippen LogP contribution in [-0.2, 0) is 0 Å². The zero-order valence-electron chi connectivity index (χ0n) is 9.05. The Labute approximate surface area is 94.2 Å². The molecule has 16 heavy (non-hydrogen) atoms. The predicted molar refractivity (Wildman–Crippen MR) is 61.0 cm³/mol. The van der Waals surface area contributed by atoms with E-state index in [2.05, 4.69) is 5.32 Å². The van der Waals surface area contributed by atoms with E-state index in [0.717, 1.165) is 19.0 Å². The zero-order valence-corrected chi connectivity index (χ0v) is 9.05. The summed E-state index contributed by atoms with van der Waals surface area (Å²) >= 11 is 0. The first-order chi connectivity index (χ1) is 7.77. The second-order valence-electron chi connectivity index (χ2n) is 4.06. The molecule has 0 amide bonds. The molecule has 1 nitrogen and oxygen atoms in total. The van der Waals surface area contributed by atoms with E-state index in [9.17, 15) is 8.78 Å². The molecule has 0 atom stereocenters. The highest BCUT2D eigenvalue weighted by Crippen LogP contribution is 2.18. The molecule has 1 aliphatic carbocycles. The lowest BCUT2D eigenvalue weighted by Gasteiger charge is -1.99. The topological polar surface area (TPSA) is 12.0 Å². The van der Waals surface area contributed by atoms with Gasteiger partial charge in [-0.15, -0.1) is 0 Å². The largest absolute Gasteiger partial charge is 0.314 e. The average molecular weight is 223 g/mol. The van der Waals surface area contributed by atoms with Crippen molar-refractivity contribution in [1.29, 1.82) is 0 Å².